The summed E-state index contributed by atoms with van der Waals surface area (Å²) in [6.07, 6.45) is 0. The average molecular weight is 389 g/mol. The van der Waals surface area contributed by atoms with Crippen molar-refractivity contribution < 1.29 is 23.6 Å². The van der Waals surface area contributed by atoms with Crippen molar-refractivity contribution in [2.24, 2.45) is 0 Å². The van der Waals surface area contributed by atoms with Crippen LogP contribution in [0.25, 0.3) is 0 Å². The number of carbonyl (C=O) groups is 2. The molecule has 0 aromatic heterocycles. The molecule has 2 aromatic rings. The highest BCUT2D eigenvalue weighted by atomic mass is 19.1. The van der Waals surface area contributed by atoms with E-state index in [-0.39, 0.29) is 23.5 Å². The SMILES string of the molecule is COC(C)(CNC(=O)C(=O)Nc1cc([N+](=O)[O-])ccc1C)c1ccccc1F. The Balaban J connectivity index is 2.08. The molecule has 0 fully saturated rings. The molecule has 0 radical (unpaired) electrons. The maximum Gasteiger partial charge on any atom is 0.313 e. The number of ether oxygens (including phenoxy) is 1. The molecule has 148 valence electrons. The summed E-state index contributed by atoms with van der Waals surface area (Å²) in [6.45, 7) is 3.05. The lowest BCUT2D eigenvalue weighted by atomic mass is 9.95. The maximum atomic E-state index is 14.1. The van der Waals surface area contributed by atoms with Crippen LogP contribution in [0.5, 0.6) is 0 Å². The monoisotopic (exact) mass is 389 g/mol. The van der Waals surface area contributed by atoms with Gasteiger partial charge >= 0.3 is 11.8 Å². The second-order valence-electron chi connectivity index (χ2n) is 6.31. The number of nitro groups is 1. The fraction of sp³-hybridized carbons (Fsp3) is 0.263. The second-order valence-corrected chi connectivity index (χ2v) is 6.31. The summed E-state index contributed by atoms with van der Waals surface area (Å²) in [7, 11) is 1.37. The molecule has 1 atom stereocenters. The number of halogens is 1. The highest BCUT2D eigenvalue weighted by Gasteiger charge is 2.30. The number of nitrogens with zero attached hydrogens (tertiary/aromatic N) is 1. The summed E-state index contributed by atoms with van der Waals surface area (Å²) >= 11 is 0. The number of hydrogen-bond acceptors (Lipinski definition) is 5. The van der Waals surface area contributed by atoms with Crippen LogP contribution in [0.3, 0.4) is 0 Å². The van der Waals surface area contributed by atoms with Gasteiger partial charge in [0, 0.05) is 24.8 Å². The van der Waals surface area contributed by atoms with E-state index in [9.17, 15) is 24.1 Å². The van der Waals surface area contributed by atoms with E-state index in [4.69, 9.17) is 4.74 Å². The molecule has 9 heteroatoms. The predicted octanol–water partition coefficient (Wildman–Crippen LogP) is 2.66. The first kappa shape index (κ1) is 21.0. The molecule has 0 saturated carbocycles. The zero-order valence-corrected chi connectivity index (χ0v) is 15.6. The molecule has 0 aliphatic carbocycles. The van der Waals surface area contributed by atoms with Crippen LogP contribution in [-0.4, -0.2) is 30.4 Å². The highest BCUT2D eigenvalue weighted by molar-refractivity contribution is 6.39. The molecule has 2 aromatic carbocycles. The highest BCUT2D eigenvalue weighted by Crippen LogP contribution is 2.26. The fourth-order valence-electron chi connectivity index (χ4n) is 2.53. The molecule has 8 nitrogen and oxygen atoms in total. The Hall–Kier alpha value is -3.33. The number of anilines is 1. The van der Waals surface area contributed by atoms with Crippen LogP contribution in [0.2, 0.25) is 0 Å². The smallest absolute Gasteiger partial charge is 0.313 e. The van der Waals surface area contributed by atoms with E-state index < -0.39 is 28.2 Å². The molecule has 2 N–H and O–H groups in total. The number of nitrogens with one attached hydrogen (secondary N) is 2. The molecule has 0 aliphatic heterocycles. The lowest BCUT2D eigenvalue weighted by molar-refractivity contribution is -0.384. The predicted molar refractivity (Wildman–Crippen MR) is 100 cm³/mol. The molecule has 28 heavy (non-hydrogen) atoms. The van der Waals surface area contributed by atoms with Gasteiger partial charge in [0.2, 0.25) is 0 Å². The first-order valence-corrected chi connectivity index (χ1v) is 8.32. The van der Waals surface area contributed by atoms with E-state index in [2.05, 4.69) is 10.6 Å². The minimum atomic E-state index is -1.19. The van der Waals surface area contributed by atoms with Crippen molar-refractivity contribution in [3.63, 3.8) is 0 Å². The molecule has 0 aliphatic rings. The van der Waals surface area contributed by atoms with Crippen molar-refractivity contribution >= 4 is 23.2 Å². The van der Waals surface area contributed by atoms with Gasteiger partial charge in [0.05, 0.1) is 17.2 Å². The number of carbonyl (C=O) groups excluding carboxylic acids is 2. The van der Waals surface area contributed by atoms with Gasteiger partial charge < -0.3 is 15.4 Å². The Morgan fingerprint density at radius 3 is 2.50 bits per heavy atom. The zero-order chi connectivity index (χ0) is 20.9. The number of methoxy groups -OCH3 is 1. The van der Waals surface area contributed by atoms with Gasteiger partial charge in [-0.15, -0.1) is 0 Å². The third-order valence-electron chi connectivity index (χ3n) is 4.37. The summed E-state index contributed by atoms with van der Waals surface area (Å²) in [6, 6.07) is 9.88. The number of amides is 2. The maximum absolute atomic E-state index is 14.1. The van der Waals surface area contributed by atoms with Crippen LogP contribution in [0.1, 0.15) is 18.1 Å². The van der Waals surface area contributed by atoms with E-state index in [1.54, 1.807) is 19.9 Å². The standard InChI is InChI=1S/C19H20FN3O5/c1-12-8-9-13(23(26)27)10-16(12)22-18(25)17(24)21-11-19(2,28-3)14-6-4-5-7-15(14)20/h4-10H,11H2,1-3H3,(H,21,24)(H,22,25). The first-order chi connectivity index (χ1) is 13.2. The van der Waals surface area contributed by atoms with Gasteiger partial charge in [-0.05, 0) is 25.5 Å². The van der Waals surface area contributed by atoms with Gasteiger partial charge in [-0.2, -0.15) is 0 Å². The minimum Gasteiger partial charge on any atom is -0.372 e. The molecule has 1 unspecified atom stereocenters. The van der Waals surface area contributed by atoms with Crippen LogP contribution in [0.4, 0.5) is 15.8 Å². The number of nitro benzene ring substituents is 1. The van der Waals surface area contributed by atoms with Gasteiger partial charge in [-0.1, -0.05) is 24.3 Å². The van der Waals surface area contributed by atoms with Crippen molar-refractivity contribution in [1.82, 2.24) is 5.32 Å². The number of rotatable bonds is 6. The molecule has 0 heterocycles. The summed E-state index contributed by atoms with van der Waals surface area (Å²) in [5.41, 5.74) is -0.471. The Morgan fingerprint density at radius 2 is 1.89 bits per heavy atom. The van der Waals surface area contributed by atoms with E-state index >= 15 is 0 Å². The zero-order valence-electron chi connectivity index (χ0n) is 15.6. The number of benzene rings is 2. The lowest BCUT2D eigenvalue weighted by Crippen LogP contribution is -2.44. The van der Waals surface area contributed by atoms with Crippen molar-refractivity contribution in [1.29, 1.82) is 0 Å². The molecule has 0 spiro atoms. The van der Waals surface area contributed by atoms with Crippen molar-refractivity contribution in [3.05, 3.63) is 69.5 Å². The van der Waals surface area contributed by atoms with Gasteiger partial charge in [0.1, 0.15) is 11.4 Å². The van der Waals surface area contributed by atoms with E-state index in [0.29, 0.717) is 5.56 Å². The van der Waals surface area contributed by atoms with Crippen LogP contribution in [0, 0.1) is 22.9 Å². The fourth-order valence-corrected chi connectivity index (χ4v) is 2.53. The van der Waals surface area contributed by atoms with Crippen LogP contribution >= 0.6 is 0 Å². The molecule has 0 saturated heterocycles. The Bertz CT molecular complexity index is 918. The van der Waals surface area contributed by atoms with Gasteiger partial charge in [-0.3, -0.25) is 19.7 Å². The molecular weight excluding hydrogens is 369 g/mol. The molecule has 2 rings (SSSR count). The van der Waals surface area contributed by atoms with Crippen molar-refractivity contribution in [2.45, 2.75) is 19.4 Å². The quantitative estimate of drug-likeness (QED) is 0.448. The van der Waals surface area contributed by atoms with Crippen molar-refractivity contribution in [3.8, 4) is 0 Å². The van der Waals surface area contributed by atoms with Crippen LogP contribution in [0.15, 0.2) is 42.5 Å². The van der Waals surface area contributed by atoms with Crippen LogP contribution in [-0.2, 0) is 19.9 Å². The minimum absolute atomic E-state index is 0.151. The summed E-state index contributed by atoms with van der Waals surface area (Å²) in [5, 5.41) is 15.6. The summed E-state index contributed by atoms with van der Waals surface area (Å²) in [5.74, 6) is -2.49. The van der Waals surface area contributed by atoms with Crippen molar-refractivity contribution in [2.75, 3.05) is 19.0 Å². The largest absolute Gasteiger partial charge is 0.372 e. The van der Waals surface area contributed by atoms with E-state index in [0.717, 1.165) is 0 Å². The first-order valence-electron chi connectivity index (χ1n) is 8.32. The number of aryl methyl sites for hydroxylation is 1. The number of hydrogen-bond donors (Lipinski definition) is 2. The van der Waals surface area contributed by atoms with Gasteiger partial charge in [-0.25, -0.2) is 4.39 Å². The molecular formula is C19H20FN3O5. The average Bonchev–Trinajstić information content (AvgIpc) is 2.67. The number of non-ortho nitro benzene ring substituents is 1. The van der Waals surface area contributed by atoms with Crippen LogP contribution < -0.4 is 10.6 Å². The molecule has 0 bridgehead atoms. The normalized spacial score (nSPS) is 12.7. The third-order valence-corrected chi connectivity index (χ3v) is 4.37. The Labute approximate surface area is 160 Å². The van der Waals surface area contributed by atoms with E-state index in [1.165, 1.54) is 43.5 Å². The second kappa shape index (κ2) is 8.57. The van der Waals surface area contributed by atoms with E-state index in [1.807, 2.05) is 0 Å². The topological polar surface area (TPSA) is 111 Å². The summed E-state index contributed by atoms with van der Waals surface area (Å²) in [4.78, 5) is 34.6. The summed E-state index contributed by atoms with van der Waals surface area (Å²) < 4.78 is 19.4. The Morgan fingerprint density at radius 1 is 1.21 bits per heavy atom. The molecule has 2 amide bonds. The van der Waals surface area contributed by atoms with Gasteiger partial charge in [0.25, 0.3) is 5.69 Å². The Kier molecular flexibility index (Phi) is 6.42. The van der Waals surface area contributed by atoms with Gasteiger partial charge in [0.15, 0.2) is 0 Å². The lowest BCUT2D eigenvalue weighted by Gasteiger charge is -2.29. The third kappa shape index (κ3) is 4.68.